The van der Waals surface area contributed by atoms with Crippen LogP contribution in [0.15, 0.2) is 0 Å². The first kappa shape index (κ1) is 14.4. The maximum absolute atomic E-state index is 11.7. The van der Waals surface area contributed by atoms with E-state index in [1.165, 1.54) is 6.92 Å². The number of esters is 2. The fraction of sp³-hybridized carbons (Fsp3) is 0.727. The summed E-state index contributed by atoms with van der Waals surface area (Å²) in [5.41, 5.74) is -1.37. The Kier molecular flexibility index (Phi) is 6.16. The van der Waals surface area contributed by atoms with Crippen molar-refractivity contribution >= 4 is 11.9 Å². The number of carbonyl (C=O) groups excluding carboxylic acids is 2. The van der Waals surface area contributed by atoms with Gasteiger partial charge in [-0.2, -0.15) is 5.26 Å². The molecule has 0 spiro atoms. The van der Waals surface area contributed by atoms with Crippen molar-refractivity contribution in [1.82, 2.24) is 0 Å². The number of hydrogen-bond donors (Lipinski definition) is 0. The van der Waals surface area contributed by atoms with Crippen molar-refractivity contribution in [2.24, 2.45) is 5.41 Å². The monoisotopic (exact) mass is 227 g/mol. The maximum Gasteiger partial charge on any atom is 0.323 e. The van der Waals surface area contributed by atoms with E-state index in [2.05, 4.69) is 0 Å². The van der Waals surface area contributed by atoms with Crippen LogP contribution < -0.4 is 0 Å². The highest BCUT2D eigenvalue weighted by molar-refractivity contribution is 5.99. The van der Waals surface area contributed by atoms with Crippen LogP contribution in [0.4, 0.5) is 0 Å². The van der Waals surface area contributed by atoms with E-state index < -0.39 is 17.4 Å². The summed E-state index contributed by atoms with van der Waals surface area (Å²) in [5, 5.41) is 8.50. The Morgan fingerprint density at radius 2 is 1.62 bits per heavy atom. The van der Waals surface area contributed by atoms with Crippen molar-refractivity contribution in [3.8, 4) is 6.07 Å². The van der Waals surface area contributed by atoms with Crippen LogP contribution in [-0.2, 0) is 19.1 Å². The normalized spacial score (nSPS) is 10.4. The third-order valence-electron chi connectivity index (χ3n) is 2.19. The standard InChI is InChI=1S/C11H17NO4/c1-4-15-9(13)11(3,7-6-8-12)10(14)16-5-2/h4-7H2,1-3H3. The average Bonchev–Trinajstić information content (AvgIpc) is 2.26. The largest absolute Gasteiger partial charge is 0.465 e. The number of rotatable bonds is 6. The highest BCUT2D eigenvalue weighted by Crippen LogP contribution is 2.27. The summed E-state index contributed by atoms with van der Waals surface area (Å²) in [6, 6.07) is 1.90. The van der Waals surface area contributed by atoms with Crippen LogP contribution in [0.2, 0.25) is 0 Å². The van der Waals surface area contributed by atoms with E-state index in [1.54, 1.807) is 13.8 Å². The van der Waals surface area contributed by atoms with Crippen LogP contribution in [0.25, 0.3) is 0 Å². The molecule has 0 bridgehead atoms. The zero-order chi connectivity index (χ0) is 12.6. The van der Waals surface area contributed by atoms with Gasteiger partial charge in [-0.15, -0.1) is 0 Å². The molecule has 16 heavy (non-hydrogen) atoms. The summed E-state index contributed by atoms with van der Waals surface area (Å²) in [6.07, 6.45) is 0.218. The van der Waals surface area contributed by atoms with E-state index in [9.17, 15) is 9.59 Å². The molecule has 0 saturated carbocycles. The number of carbonyl (C=O) groups is 2. The molecule has 0 aromatic carbocycles. The van der Waals surface area contributed by atoms with Crippen LogP contribution in [0.5, 0.6) is 0 Å². The molecular formula is C11H17NO4. The lowest BCUT2D eigenvalue weighted by Gasteiger charge is -2.23. The molecule has 0 aliphatic carbocycles. The third kappa shape index (κ3) is 3.54. The Hall–Kier alpha value is -1.57. The van der Waals surface area contributed by atoms with E-state index in [4.69, 9.17) is 14.7 Å². The van der Waals surface area contributed by atoms with Crippen LogP contribution in [0.3, 0.4) is 0 Å². The molecule has 0 unspecified atom stereocenters. The summed E-state index contributed by atoms with van der Waals surface area (Å²) in [7, 11) is 0. The van der Waals surface area contributed by atoms with E-state index in [-0.39, 0.29) is 26.1 Å². The highest BCUT2D eigenvalue weighted by Gasteiger charge is 2.43. The second kappa shape index (κ2) is 6.83. The Morgan fingerprint density at radius 3 is 1.94 bits per heavy atom. The molecular weight excluding hydrogens is 210 g/mol. The molecule has 5 heteroatoms. The SMILES string of the molecule is CCOC(=O)C(C)(CCC#N)C(=O)OCC. The lowest BCUT2D eigenvalue weighted by molar-refractivity contribution is -0.171. The van der Waals surface area contributed by atoms with Crippen molar-refractivity contribution in [3.63, 3.8) is 0 Å². The minimum Gasteiger partial charge on any atom is -0.465 e. The van der Waals surface area contributed by atoms with Gasteiger partial charge in [-0.1, -0.05) is 0 Å². The van der Waals surface area contributed by atoms with Gasteiger partial charge in [0.1, 0.15) is 0 Å². The first-order valence-corrected chi connectivity index (χ1v) is 5.24. The quantitative estimate of drug-likeness (QED) is 0.506. The second-order valence-corrected chi connectivity index (χ2v) is 3.43. The lowest BCUT2D eigenvalue weighted by Crippen LogP contribution is -2.39. The van der Waals surface area contributed by atoms with Crippen LogP contribution in [0.1, 0.15) is 33.6 Å². The number of nitriles is 1. The van der Waals surface area contributed by atoms with E-state index in [0.29, 0.717) is 0 Å². The molecule has 0 heterocycles. The molecule has 0 N–H and O–H groups in total. The van der Waals surface area contributed by atoms with Crippen molar-refractivity contribution in [1.29, 1.82) is 5.26 Å². The Labute approximate surface area is 95.3 Å². The predicted octanol–water partition coefficient (Wildman–Crippen LogP) is 1.42. The van der Waals surface area contributed by atoms with Gasteiger partial charge < -0.3 is 9.47 Å². The van der Waals surface area contributed by atoms with Gasteiger partial charge in [0.05, 0.1) is 19.3 Å². The minimum atomic E-state index is -1.37. The smallest absolute Gasteiger partial charge is 0.323 e. The van der Waals surface area contributed by atoms with Gasteiger partial charge in [0.15, 0.2) is 5.41 Å². The van der Waals surface area contributed by atoms with Gasteiger partial charge in [0.25, 0.3) is 0 Å². The predicted molar refractivity (Wildman–Crippen MR) is 56.2 cm³/mol. The topological polar surface area (TPSA) is 76.4 Å². The zero-order valence-electron chi connectivity index (χ0n) is 9.91. The molecule has 5 nitrogen and oxygen atoms in total. The Balaban J connectivity index is 4.80. The van der Waals surface area contributed by atoms with Gasteiger partial charge in [-0.25, -0.2) is 0 Å². The molecule has 0 aromatic rings. The Bertz CT molecular complexity index is 275. The summed E-state index contributed by atoms with van der Waals surface area (Å²) < 4.78 is 9.64. The average molecular weight is 227 g/mol. The molecule has 0 fully saturated rings. The van der Waals surface area contributed by atoms with Crippen molar-refractivity contribution in [2.75, 3.05) is 13.2 Å². The number of hydrogen-bond acceptors (Lipinski definition) is 5. The highest BCUT2D eigenvalue weighted by atomic mass is 16.6. The van der Waals surface area contributed by atoms with Gasteiger partial charge in [-0.3, -0.25) is 9.59 Å². The molecule has 0 aromatic heterocycles. The summed E-state index contributed by atoms with van der Waals surface area (Å²) >= 11 is 0. The lowest BCUT2D eigenvalue weighted by atomic mass is 9.85. The van der Waals surface area contributed by atoms with Gasteiger partial charge in [-0.05, 0) is 27.2 Å². The minimum absolute atomic E-state index is 0.105. The molecule has 0 rings (SSSR count). The van der Waals surface area contributed by atoms with Gasteiger partial charge in [0.2, 0.25) is 0 Å². The van der Waals surface area contributed by atoms with Gasteiger partial charge >= 0.3 is 11.9 Å². The van der Waals surface area contributed by atoms with Crippen LogP contribution >= 0.6 is 0 Å². The molecule has 0 saturated heterocycles. The zero-order valence-corrected chi connectivity index (χ0v) is 9.91. The molecule has 0 radical (unpaired) electrons. The fourth-order valence-electron chi connectivity index (χ4n) is 1.17. The molecule has 90 valence electrons. The second-order valence-electron chi connectivity index (χ2n) is 3.43. The molecule has 0 aliphatic rings. The van der Waals surface area contributed by atoms with E-state index in [0.717, 1.165) is 0 Å². The maximum atomic E-state index is 11.7. The number of nitrogens with zero attached hydrogens (tertiary/aromatic N) is 1. The van der Waals surface area contributed by atoms with Crippen molar-refractivity contribution < 1.29 is 19.1 Å². The molecule has 0 aliphatic heterocycles. The van der Waals surface area contributed by atoms with Crippen molar-refractivity contribution in [3.05, 3.63) is 0 Å². The Morgan fingerprint density at radius 1 is 1.19 bits per heavy atom. The van der Waals surface area contributed by atoms with Gasteiger partial charge in [0, 0.05) is 6.42 Å². The molecule has 0 amide bonds. The van der Waals surface area contributed by atoms with E-state index >= 15 is 0 Å². The van der Waals surface area contributed by atoms with Crippen LogP contribution in [0, 0.1) is 16.7 Å². The third-order valence-corrected chi connectivity index (χ3v) is 2.19. The first-order valence-electron chi connectivity index (χ1n) is 5.24. The summed E-state index contributed by atoms with van der Waals surface area (Å²) in [5.74, 6) is -1.27. The summed E-state index contributed by atoms with van der Waals surface area (Å²) in [4.78, 5) is 23.3. The summed E-state index contributed by atoms with van der Waals surface area (Å²) in [6.45, 7) is 5.16. The van der Waals surface area contributed by atoms with Crippen molar-refractivity contribution in [2.45, 2.75) is 33.6 Å². The first-order chi connectivity index (χ1) is 7.52. The van der Waals surface area contributed by atoms with Crippen LogP contribution in [-0.4, -0.2) is 25.2 Å². The molecule has 0 atom stereocenters. The number of ether oxygens (including phenoxy) is 2. The fourth-order valence-corrected chi connectivity index (χ4v) is 1.17. The van der Waals surface area contributed by atoms with E-state index in [1.807, 2.05) is 6.07 Å².